The summed E-state index contributed by atoms with van der Waals surface area (Å²) in [6.07, 6.45) is 4.80. The summed E-state index contributed by atoms with van der Waals surface area (Å²) < 4.78 is 6.17. The van der Waals surface area contributed by atoms with Crippen LogP contribution in [0.3, 0.4) is 0 Å². The number of rotatable bonds is 6. The Morgan fingerprint density at radius 1 is 1.45 bits per heavy atom. The Labute approximate surface area is 128 Å². The topological polar surface area (TPSA) is 55.6 Å². The van der Waals surface area contributed by atoms with Crippen LogP contribution in [0.5, 0.6) is 5.75 Å². The van der Waals surface area contributed by atoms with Crippen molar-refractivity contribution in [1.29, 1.82) is 0 Å². The number of ether oxygens (including phenoxy) is 1. The van der Waals surface area contributed by atoms with E-state index in [0.717, 1.165) is 35.2 Å². The van der Waals surface area contributed by atoms with Gasteiger partial charge in [0.25, 0.3) is 0 Å². The van der Waals surface area contributed by atoms with Gasteiger partial charge in [-0.15, -0.1) is 0 Å². The number of amides is 1. The molecule has 2 rings (SSSR count). The van der Waals surface area contributed by atoms with E-state index < -0.39 is 0 Å². The maximum Gasteiger partial charge on any atom is 0.231 e. The number of carbonyl (C=O) groups excluding carboxylic acids is 1. The number of nitrogens with zero attached hydrogens (tertiary/aromatic N) is 1. The fraction of sp³-hybridized carbons (Fsp3) is 0.533. The SMILES string of the molecule is COc1ccc(CN(CC(N)=O)C2CCCC2)cc1Br. The molecule has 0 aliphatic heterocycles. The molecule has 20 heavy (non-hydrogen) atoms. The first-order valence-electron chi connectivity index (χ1n) is 6.95. The van der Waals surface area contributed by atoms with Crippen molar-refractivity contribution in [2.45, 2.75) is 38.3 Å². The van der Waals surface area contributed by atoms with E-state index in [9.17, 15) is 4.79 Å². The average Bonchev–Trinajstić information content (AvgIpc) is 2.91. The maximum absolute atomic E-state index is 11.3. The average molecular weight is 341 g/mol. The minimum Gasteiger partial charge on any atom is -0.496 e. The van der Waals surface area contributed by atoms with Crippen LogP contribution >= 0.6 is 15.9 Å². The molecule has 0 saturated heterocycles. The summed E-state index contributed by atoms with van der Waals surface area (Å²) >= 11 is 3.50. The largest absolute Gasteiger partial charge is 0.496 e. The Balaban J connectivity index is 2.10. The highest BCUT2D eigenvalue weighted by Gasteiger charge is 2.23. The van der Waals surface area contributed by atoms with Crippen LogP contribution in [-0.2, 0) is 11.3 Å². The molecule has 110 valence electrons. The lowest BCUT2D eigenvalue weighted by Crippen LogP contribution is -2.39. The molecule has 2 N–H and O–H groups in total. The van der Waals surface area contributed by atoms with Gasteiger partial charge in [0.2, 0.25) is 5.91 Å². The van der Waals surface area contributed by atoms with Gasteiger partial charge in [-0.05, 0) is 46.5 Å². The van der Waals surface area contributed by atoms with Crippen molar-refractivity contribution >= 4 is 21.8 Å². The molecule has 0 unspecified atom stereocenters. The van der Waals surface area contributed by atoms with Crippen molar-refractivity contribution in [2.24, 2.45) is 5.73 Å². The van der Waals surface area contributed by atoms with Gasteiger partial charge >= 0.3 is 0 Å². The van der Waals surface area contributed by atoms with Crippen molar-refractivity contribution in [2.75, 3.05) is 13.7 Å². The van der Waals surface area contributed by atoms with E-state index in [2.05, 4.69) is 20.8 Å². The Hall–Kier alpha value is -1.07. The van der Waals surface area contributed by atoms with Crippen LogP contribution < -0.4 is 10.5 Å². The van der Waals surface area contributed by atoms with Gasteiger partial charge in [0.15, 0.2) is 0 Å². The van der Waals surface area contributed by atoms with Crippen molar-refractivity contribution in [3.63, 3.8) is 0 Å². The van der Waals surface area contributed by atoms with Gasteiger partial charge in [0, 0.05) is 12.6 Å². The van der Waals surface area contributed by atoms with Gasteiger partial charge in [-0.1, -0.05) is 18.9 Å². The molecule has 4 nitrogen and oxygen atoms in total. The second kappa shape index (κ2) is 7.09. The van der Waals surface area contributed by atoms with Gasteiger partial charge in [-0.2, -0.15) is 0 Å². The highest BCUT2D eigenvalue weighted by atomic mass is 79.9. The minimum atomic E-state index is -0.260. The third-order valence-electron chi connectivity index (χ3n) is 3.80. The highest BCUT2D eigenvalue weighted by molar-refractivity contribution is 9.10. The molecule has 0 spiro atoms. The van der Waals surface area contributed by atoms with Crippen LogP contribution in [0, 0.1) is 0 Å². The zero-order valence-corrected chi connectivity index (χ0v) is 13.4. The molecule has 1 aliphatic carbocycles. The number of hydrogen-bond donors (Lipinski definition) is 1. The summed E-state index contributed by atoms with van der Waals surface area (Å²) in [6.45, 7) is 1.07. The van der Waals surface area contributed by atoms with E-state index in [-0.39, 0.29) is 5.91 Å². The summed E-state index contributed by atoms with van der Waals surface area (Å²) in [6, 6.07) is 6.49. The fourth-order valence-corrected chi connectivity index (χ4v) is 3.41. The molecule has 1 aromatic rings. The molecule has 5 heteroatoms. The molecule has 0 aromatic heterocycles. The third kappa shape index (κ3) is 3.96. The van der Waals surface area contributed by atoms with Crippen LogP contribution in [-0.4, -0.2) is 30.5 Å². The molecule has 0 bridgehead atoms. The van der Waals surface area contributed by atoms with Crippen molar-refractivity contribution < 1.29 is 9.53 Å². The van der Waals surface area contributed by atoms with Gasteiger partial charge in [-0.3, -0.25) is 9.69 Å². The predicted molar refractivity (Wildman–Crippen MR) is 82.6 cm³/mol. The summed E-state index contributed by atoms with van der Waals surface area (Å²) in [7, 11) is 1.65. The molecule has 1 fully saturated rings. The number of primary amides is 1. The standard InChI is InChI=1S/C15H21BrN2O2/c1-20-14-7-6-11(8-13(14)16)9-18(10-15(17)19)12-4-2-3-5-12/h6-8,12H,2-5,9-10H2,1H3,(H2,17,19). The van der Waals surface area contributed by atoms with E-state index in [1.807, 2.05) is 18.2 Å². The molecule has 0 radical (unpaired) electrons. The first-order valence-corrected chi connectivity index (χ1v) is 7.74. The Morgan fingerprint density at radius 3 is 2.70 bits per heavy atom. The number of hydrogen-bond acceptors (Lipinski definition) is 3. The van der Waals surface area contributed by atoms with E-state index >= 15 is 0 Å². The van der Waals surface area contributed by atoms with Crippen LogP contribution in [0.25, 0.3) is 0 Å². The maximum atomic E-state index is 11.3. The Kier molecular flexibility index (Phi) is 5.43. The summed E-state index contributed by atoms with van der Waals surface area (Å²) in [5, 5.41) is 0. The van der Waals surface area contributed by atoms with E-state index in [1.165, 1.54) is 12.8 Å². The number of benzene rings is 1. The number of nitrogens with two attached hydrogens (primary N) is 1. The summed E-state index contributed by atoms with van der Waals surface area (Å²) in [4.78, 5) is 13.5. The summed E-state index contributed by atoms with van der Waals surface area (Å²) in [5.74, 6) is 0.556. The molecule has 0 heterocycles. The summed E-state index contributed by atoms with van der Waals surface area (Å²) in [5.41, 5.74) is 6.54. The lowest BCUT2D eigenvalue weighted by molar-refractivity contribution is -0.119. The van der Waals surface area contributed by atoms with E-state index in [0.29, 0.717) is 12.6 Å². The molecule has 0 atom stereocenters. The molecule has 1 aromatic carbocycles. The number of halogens is 1. The quantitative estimate of drug-likeness (QED) is 0.866. The van der Waals surface area contributed by atoms with Crippen LogP contribution in [0.2, 0.25) is 0 Å². The van der Waals surface area contributed by atoms with Crippen LogP contribution in [0.1, 0.15) is 31.2 Å². The zero-order chi connectivity index (χ0) is 14.5. The first-order chi connectivity index (χ1) is 9.60. The van der Waals surface area contributed by atoms with Gasteiger partial charge < -0.3 is 10.5 Å². The van der Waals surface area contributed by atoms with Crippen molar-refractivity contribution in [1.82, 2.24) is 4.90 Å². The normalized spacial score (nSPS) is 15.8. The fourth-order valence-electron chi connectivity index (χ4n) is 2.83. The lowest BCUT2D eigenvalue weighted by atomic mass is 10.1. The molecular formula is C15H21BrN2O2. The molecule has 1 saturated carbocycles. The highest BCUT2D eigenvalue weighted by Crippen LogP contribution is 2.28. The van der Waals surface area contributed by atoms with E-state index in [4.69, 9.17) is 10.5 Å². The number of methoxy groups -OCH3 is 1. The predicted octanol–water partition coefficient (Wildman–Crippen LogP) is 2.69. The van der Waals surface area contributed by atoms with Crippen molar-refractivity contribution in [3.8, 4) is 5.75 Å². The van der Waals surface area contributed by atoms with Gasteiger partial charge in [-0.25, -0.2) is 0 Å². The van der Waals surface area contributed by atoms with Gasteiger partial charge in [0.05, 0.1) is 18.1 Å². The molecular weight excluding hydrogens is 320 g/mol. The van der Waals surface area contributed by atoms with Gasteiger partial charge in [0.1, 0.15) is 5.75 Å². The second-order valence-corrected chi connectivity index (χ2v) is 6.13. The second-order valence-electron chi connectivity index (χ2n) is 5.28. The zero-order valence-electron chi connectivity index (χ0n) is 11.8. The van der Waals surface area contributed by atoms with Crippen molar-refractivity contribution in [3.05, 3.63) is 28.2 Å². The van der Waals surface area contributed by atoms with E-state index in [1.54, 1.807) is 7.11 Å². The Morgan fingerprint density at radius 2 is 2.15 bits per heavy atom. The Bertz CT molecular complexity index is 473. The monoisotopic (exact) mass is 340 g/mol. The smallest absolute Gasteiger partial charge is 0.231 e. The lowest BCUT2D eigenvalue weighted by Gasteiger charge is -2.27. The number of carbonyl (C=O) groups is 1. The van der Waals surface area contributed by atoms with Crippen LogP contribution in [0.4, 0.5) is 0 Å². The van der Waals surface area contributed by atoms with Crippen LogP contribution in [0.15, 0.2) is 22.7 Å². The third-order valence-corrected chi connectivity index (χ3v) is 4.42. The molecule has 1 amide bonds. The minimum absolute atomic E-state index is 0.260. The first kappa shape index (κ1) is 15.3. The molecule has 1 aliphatic rings.